The first-order valence-corrected chi connectivity index (χ1v) is 9.93. The van der Waals surface area contributed by atoms with E-state index in [0.29, 0.717) is 18.5 Å². The van der Waals surface area contributed by atoms with Crippen LogP contribution in [0.2, 0.25) is 0 Å². The number of ether oxygens (including phenoxy) is 1. The molecule has 1 aliphatic rings. The van der Waals surface area contributed by atoms with E-state index in [1.807, 2.05) is 6.07 Å². The van der Waals surface area contributed by atoms with Crippen molar-refractivity contribution in [3.63, 3.8) is 0 Å². The minimum Gasteiger partial charge on any atom is -0.471 e. The monoisotopic (exact) mass is 389 g/mol. The van der Waals surface area contributed by atoms with E-state index in [2.05, 4.69) is 15.3 Å². The van der Waals surface area contributed by atoms with Crippen molar-refractivity contribution in [2.75, 3.05) is 5.32 Å². The summed E-state index contributed by atoms with van der Waals surface area (Å²) in [4.78, 5) is 8.27. The maximum absolute atomic E-state index is 11.3. The topological polar surface area (TPSA) is 151 Å². The van der Waals surface area contributed by atoms with Crippen molar-refractivity contribution in [1.82, 2.24) is 9.97 Å². The molecule has 1 fully saturated rings. The van der Waals surface area contributed by atoms with Crippen LogP contribution >= 0.6 is 0 Å². The molecule has 0 amide bonds. The van der Waals surface area contributed by atoms with Gasteiger partial charge in [-0.25, -0.2) is 18.5 Å². The number of benzene rings is 1. The van der Waals surface area contributed by atoms with Gasteiger partial charge in [0.05, 0.1) is 17.2 Å². The Balaban J connectivity index is 1.79. The summed E-state index contributed by atoms with van der Waals surface area (Å²) in [6.07, 6.45) is 3.55. The van der Waals surface area contributed by atoms with Crippen LogP contribution in [-0.2, 0) is 10.0 Å². The highest BCUT2D eigenvalue weighted by molar-refractivity contribution is 7.89. The Bertz CT molecular complexity index is 956. The Morgan fingerprint density at radius 3 is 2.59 bits per heavy atom. The van der Waals surface area contributed by atoms with Crippen molar-refractivity contribution in [2.24, 2.45) is 5.14 Å². The van der Waals surface area contributed by atoms with Gasteiger partial charge in [-0.2, -0.15) is 10.2 Å². The molecule has 1 aromatic heterocycles. The van der Waals surface area contributed by atoms with Crippen molar-refractivity contribution in [3.8, 4) is 11.9 Å². The lowest BCUT2D eigenvalue weighted by Crippen LogP contribution is -2.35. The fourth-order valence-electron chi connectivity index (χ4n) is 2.81. The lowest BCUT2D eigenvalue weighted by molar-refractivity contribution is 0.00436. The number of nitrogens with zero attached hydrogens (tertiary/aromatic N) is 3. The van der Waals surface area contributed by atoms with Gasteiger partial charge < -0.3 is 15.2 Å². The molecule has 0 radical (unpaired) electrons. The van der Waals surface area contributed by atoms with E-state index in [0.717, 1.165) is 12.8 Å². The molecule has 1 saturated carbocycles. The average Bonchev–Trinajstić information content (AvgIpc) is 2.64. The molecule has 142 valence electrons. The Hall–Kier alpha value is -2.74. The number of nitriles is 1. The Morgan fingerprint density at radius 1 is 1.26 bits per heavy atom. The largest absolute Gasteiger partial charge is 0.471 e. The molecular weight excluding hydrogens is 370 g/mol. The number of nitrogens with two attached hydrogens (primary N) is 1. The van der Waals surface area contributed by atoms with Gasteiger partial charge in [0.1, 0.15) is 17.7 Å². The van der Waals surface area contributed by atoms with Crippen molar-refractivity contribution in [1.29, 1.82) is 5.26 Å². The van der Waals surface area contributed by atoms with E-state index in [-0.39, 0.29) is 22.3 Å². The van der Waals surface area contributed by atoms with Gasteiger partial charge in [-0.05, 0) is 43.5 Å². The van der Waals surface area contributed by atoms with Crippen LogP contribution in [-0.4, -0.2) is 35.7 Å². The number of rotatable bonds is 5. The molecule has 0 spiro atoms. The number of aliphatic hydroxyl groups excluding tert-OH is 1. The first-order chi connectivity index (χ1) is 12.9. The van der Waals surface area contributed by atoms with Crippen molar-refractivity contribution < 1.29 is 18.3 Å². The smallest absolute Gasteiger partial charge is 0.238 e. The molecule has 2 atom stereocenters. The summed E-state index contributed by atoms with van der Waals surface area (Å²) in [6.45, 7) is 0. The van der Waals surface area contributed by atoms with Crippen LogP contribution in [0.4, 0.5) is 11.6 Å². The zero-order valence-corrected chi connectivity index (χ0v) is 15.2. The number of hydrogen-bond donors (Lipinski definition) is 3. The highest BCUT2D eigenvalue weighted by Crippen LogP contribution is 2.26. The Morgan fingerprint density at radius 2 is 1.96 bits per heavy atom. The van der Waals surface area contributed by atoms with Gasteiger partial charge in [0.25, 0.3) is 0 Å². The normalized spacial score (nSPS) is 19.9. The van der Waals surface area contributed by atoms with Gasteiger partial charge >= 0.3 is 0 Å². The molecule has 1 aromatic carbocycles. The van der Waals surface area contributed by atoms with E-state index >= 15 is 0 Å². The summed E-state index contributed by atoms with van der Waals surface area (Å²) in [7, 11) is -3.77. The SMILES string of the molecule is N#Cc1cnc(Nc2ccc(S(N)(=O)=O)cc2)nc1O[C@H]1CCCC[C@@H]1O. The number of anilines is 2. The molecule has 4 N–H and O–H groups in total. The summed E-state index contributed by atoms with van der Waals surface area (Å²) in [5.41, 5.74) is 0.707. The van der Waals surface area contributed by atoms with E-state index in [1.165, 1.54) is 30.5 Å². The van der Waals surface area contributed by atoms with E-state index in [1.54, 1.807) is 0 Å². The summed E-state index contributed by atoms with van der Waals surface area (Å²) < 4.78 is 28.4. The van der Waals surface area contributed by atoms with Crippen molar-refractivity contribution >= 4 is 21.7 Å². The van der Waals surface area contributed by atoms with Crippen molar-refractivity contribution in [3.05, 3.63) is 36.0 Å². The minimum absolute atomic E-state index is 0.0101. The molecule has 9 nitrogen and oxygen atoms in total. The third-order valence-corrected chi connectivity index (χ3v) is 5.17. The molecule has 10 heteroatoms. The maximum Gasteiger partial charge on any atom is 0.238 e. The third-order valence-electron chi connectivity index (χ3n) is 4.24. The van der Waals surface area contributed by atoms with Crippen LogP contribution in [0.5, 0.6) is 5.88 Å². The van der Waals surface area contributed by atoms with Crippen LogP contribution in [0.15, 0.2) is 35.4 Å². The second-order valence-corrected chi connectivity index (χ2v) is 7.79. The fourth-order valence-corrected chi connectivity index (χ4v) is 3.32. The molecule has 0 aliphatic heterocycles. The van der Waals surface area contributed by atoms with Gasteiger partial charge in [-0.15, -0.1) is 0 Å². The highest BCUT2D eigenvalue weighted by Gasteiger charge is 2.26. The Kier molecular flexibility index (Phi) is 5.55. The van der Waals surface area contributed by atoms with Gasteiger partial charge in [-0.1, -0.05) is 6.42 Å². The summed E-state index contributed by atoms with van der Waals surface area (Å²) in [5, 5.41) is 27.3. The quantitative estimate of drug-likeness (QED) is 0.694. The van der Waals surface area contributed by atoms with Crippen LogP contribution in [0.1, 0.15) is 31.2 Å². The van der Waals surface area contributed by atoms with Gasteiger partial charge in [0.2, 0.25) is 21.9 Å². The van der Waals surface area contributed by atoms with Crippen LogP contribution < -0.4 is 15.2 Å². The minimum atomic E-state index is -3.77. The van der Waals surface area contributed by atoms with E-state index in [9.17, 15) is 18.8 Å². The summed E-state index contributed by atoms with van der Waals surface area (Å²) in [5.74, 6) is 0.278. The van der Waals surface area contributed by atoms with Crippen LogP contribution in [0.3, 0.4) is 0 Å². The zero-order valence-electron chi connectivity index (χ0n) is 14.4. The van der Waals surface area contributed by atoms with Gasteiger partial charge in [-0.3, -0.25) is 0 Å². The average molecular weight is 389 g/mol. The van der Waals surface area contributed by atoms with Gasteiger partial charge in [0, 0.05) is 5.69 Å². The molecule has 0 bridgehead atoms. The first-order valence-electron chi connectivity index (χ1n) is 8.38. The lowest BCUT2D eigenvalue weighted by atomic mass is 9.95. The molecular formula is C17H19N5O4S. The first kappa shape index (κ1) is 19.0. The number of aromatic nitrogens is 2. The third kappa shape index (κ3) is 4.71. The molecule has 2 aromatic rings. The predicted octanol–water partition coefficient (Wildman–Crippen LogP) is 1.42. The standard InChI is InChI=1S/C17H19N5O4S/c18-9-11-10-20-17(21-12-5-7-13(8-6-12)27(19,24)25)22-16(11)26-15-4-2-1-3-14(15)23/h5-8,10,14-15,23H,1-4H2,(H2,19,24,25)(H,20,21,22)/t14-,15-/m0/s1. The molecule has 3 rings (SSSR count). The molecule has 1 aliphatic carbocycles. The second-order valence-electron chi connectivity index (χ2n) is 6.23. The fraction of sp³-hybridized carbons (Fsp3) is 0.353. The van der Waals surface area contributed by atoms with Crippen LogP contribution in [0, 0.1) is 11.3 Å². The summed E-state index contributed by atoms with van der Waals surface area (Å²) >= 11 is 0. The lowest BCUT2D eigenvalue weighted by Gasteiger charge is -2.27. The molecule has 0 unspecified atom stereocenters. The maximum atomic E-state index is 11.3. The number of nitrogens with one attached hydrogen (secondary N) is 1. The number of aliphatic hydroxyl groups is 1. The highest BCUT2D eigenvalue weighted by atomic mass is 32.2. The van der Waals surface area contributed by atoms with Crippen molar-refractivity contribution in [2.45, 2.75) is 42.8 Å². The predicted molar refractivity (Wildman–Crippen MR) is 96.7 cm³/mol. The number of sulfonamides is 1. The summed E-state index contributed by atoms with van der Waals surface area (Å²) in [6, 6.07) is 7.73. The van der Waals surface area contributed by atoms with Crippen LogP contribution in [0.25, 0.3) is 0 Å². The molecule has 0 saturated heterocycles. The zero-order chi connectivity index (χ0) is 19.4. The van der Waals surface area contributed by atoms with E-state index in [4.69, 9.17) is 9.88 Å². The number of hydrogen-bond acceptors (Lipinski definition) is 8. The second kappa shape index (κ2) is 7.87. The number of primary sulfonamides is 1. The Labute approximate surface area is 156 Å². The van der Waals surface area contributed by atoms with E-state index < -0.39 is 22.2 Å². The van der Waals surface area contributed by atoms with Gasteiger partial charge in [0.15, 0.2) is 0 Å². The molecule has 27 heavy (non-hydrogen) atoms. The molecule has 1 heterocycles.